The molecule has 2 heterocycles. The molecule has 15 heavy (non-hydrogen) atoms. The molecule has 1 unspecified atom stereocenters. The quantitative estimate of drug-likeness (QED) is 0.758. The van der Waals surface area contributed by atoms with Crippen LogP contribution >= 0.6 is 0 Å². The van der Waals surface area contributed by atoms with Crippen molar-refractivity contribution in [1.29, 1.82) is 0 Å². The zero-order valence-electron chi connectivity index (χ0n) is 8.44. The lowest BCUT2D eigenvalue weighted by Crippen LogP contribution is -2.27. The van der Waals surface area contributed by atoms with Gasteiger partial charge in [0.15, 0.2) is 0 Å². The molecule has 1 aliphatic heterocycles. The van der Waals surface area contributed by atoms with E-state index in [9.17, 15) is 4.79 Å². The predicted molar refractivity (Wildman–Crippen MR) is 56.3 cm³/mol. The molecule has 5 nitrogen and oxygen atoms in total. The molecule has 0 spiro atoms. The van der Waals surface area contributed by atoms with E-state index in [1.807, 2.05) is 0 Å². The summed E-state index contributed by atoms with van der Waals surface area (Å²) in [4.78, 5) is 19.2. The molecule has 5 heteroatoms. The van der Waals surface area contributed by atoms with E-state index in [4.69, 9.17) is 0 Å². The van der Waals surface area contributed by atoms with E-state index in [0.29, 0.717) is 18.2 Å². The van der Waals surface area contributed by atoms with Crippen molar-refractivity contribution in [2.75, 3.05) is 11.9 Å². The largest absolute Gasteiger partial charge is 0.323 e. The number of nitrogens with zero attached hydrogens (tertiary/aromatic N) is 2. The van der Waals surface area contributed by atoms with Crippen LogP contribution in [0.1, 0.15) is 19.3 Å². The first-order valence-electron chi connectivity index (χ1n) is 5.13. The summed E-state index contributed by atoms with van der Waals surface area (Å²) < 4.78 is 0. The number of amides is 1. The Labute approximate surface area is 88.3 Å². The fourth-order valence-corrected chi connectivity index (χ4v) is 1.73. The van der Waals surface area contributed by atoms with E-state index in [2.05, 4.69) is 20.6 Å². The van der Waals surface area contributed by atoms with E-state index < -0.39 is 0 Å². The summed E-state index contributed by atoms with van der Waals surface area (Å²) in [6, 6.07) is 0.328. The second kappa shape index (κ2) is 4.84. The van der Waals surface area contributed by atoms with Crippen LogP contribution in [-0.2, 0) is 4.79 Å². The predicted octanol–water partition coefficient (Wildman–Crippen LogP) is 0.557. The van der Waals surface area contributed by atoms with Crippen LogP contribution in [-0.4, -0.2) is 28.5 Å². The molecule has 1 aromatic heterocycles. The van der Waals surface area contributed by atoms with Crippen LogP contribution in [0.5, 0.6) is 0 Å². The molecule has 0 bridgehead atoms. The fraction of sp³-hybridized carbons (Fsp3) is 0.500. The molecule has 1 saturated heterocycles. The number of hydrogen-bond donors (Lipinski definition) is 2. The maximum atomic E-state index is 11.6. The second-order valence-corrected chi connectivity index (χ2v) is 3.67. The van der Waals surface area contributed by atoms with Crippen molar-refractivity contribution >= 4 is 11.6 Å². The van der Waals surface area contributed by atoms with Gasteiger partial charge in [0, 0.05) is 12.5 Å². The average Bonchev–Trinajstić information content (AvgIpc) is 2.71. The Balaban J connectivity index is 1.82. The first-order valence-corrected chi connectivity index (χ1v) is 5.13. The molecule has 80 valence electrons. The third-order valence-corrected chi connectivity index (χ3v) is 2.44. The SMILES string of the molecule is O=C(CC1CCCN1)Nc1cncnc1. The lowest BCUT2D eigenvalue weighted by molar-refractivity contribution is -0.116. The molecule has 0 saturated carbocycles. The van der Waals surface area contributed by atoms with E-state index in [1.54, 1.807) is 12.4 Å². The number of rotatable bonds is 3. The Hall–Kier alpha value is -1.49. The molecule has 2 N–H and O–H groups in total. The highest BCUT2D eigenvalue weighted by atomic mass is 16.1. The Morgan fingerprint density at radius 1 is 1.53 bits per heavy atom. The molecule has 1 fully saturated rings. The fourth-order valence-electron chi connectivity index (χ4n) is 1.73. The smallest absolute Gasteiger partial charge is 0.226 e. The Morgan fingerprint density at radius 3 is 3.00 bits per heavy atom. The normalized spacial score (nSPS) is 20.1. The monoisotopic (exact) mass is 206 g/mol. The summed E-state index contributed by atoms with van der Waals surface area (Å²) in [7, 11) is 0. The highest BCUT2D eigenvalue weighted by Gasteiger charge is 2.17. The lowest BCUT2D eigenvalue weighted by atomic mass is 10.1. The molecular weight excluding hydrogens is 192 g/mol. The number of hydrogen-bond acceptors (Lipinski definition) is 4. The zero-order valence-corrected chi connectivity index (χ0v) is 8.44. The number of anilines is 1. The summed E-state index contributed by atoms with van der Waals surface area (Å²) in [5.74, 6) is 0.0178. The Kier molecular flexibility index (Phi) is 3.24. The maximum absolute atomic E-state index is 11.6. The van der Waals surface area contributed by atoms with Gasteiger partial charge in [-0.15, -0.1) is 0 Å². The van der Waals surface area contributed by atoms with Gasteiger partial charge in [-0.25, -0.2) is 9.97 Å². The molecule has 1 aliphatic rings. The number of carbonyl (C=O) groups excluding carboxylic acids is 1. The van der Waals surface area contributed by atoms with Gasteiger partial charge in [-0.05, 0) is 19.4 Å². The highest BCUT2D eigenvalue weighted by Crippen LogP contribution is 2.10. The summed E-state index contributed by atoms with van der Waals surface area (Å²) in [6.07, 6.45) is 7.38. The van der Waals surface area contributed by atoms with E-state index in [0.717, 1.165) is 19.4 Å². The molecule has 1 atom stereocenters. The van der Waals surface area contributed by atoms with Gasteiger partial charge in [0.2, 0.25) is 5.91 Å². The van der Waals surface area contributed by atoms with Crippen molar-refractivity contribution in [3.05, 3.63) is 18.7 Å². The van der Waals surface area contributed by atoms with Gasteiger partial charge >= 0.3 is 0 Å². The summed E-state index contributed by atoms with van der Waals surface area (Å²) in [5, 5.41) is 6.05. The lowest BCUT2D eigenvalue weighted by Gasteiger charge is -2.09. The molecular formula is C10H14N4O. The minimum absolute atomic E-state index is 0.0178. The molecule has 2 rings (SSSR count). The molecule has 0 radical (unpaired) electrons. The van der Waals surface area contributed by atoms with Crippen LogP contribution in [0.25, 0.3) is 0 Å². The van der Waals surface area contributed by atoms with Crippen molar-refractivity contribution in [2.45, 2.75) is 25.3 Å². The molecule has 0 aromatic carbocycles. The van der Waals surface area contributed by atoms with Gasteiger partial charge in [0.1, 0.15) is 6.33 Å². The Bertz CT molecular complexity index is 321. The van der Waals surface area contributed by atoms with E-state index in [1.165, 1.54) is 6.33 Å². The van der Waals surface area contributed by atoms with Gasteiger partial charge in [-0.3, -0.25) is 4.79 Å². The topological polar surface area (TPSA) is 66.9 Å². The van der Waals surface area contributed by atoms with E-state index >= 15 is 0 Å². The van der Waals surface area contributed by atoms with E-state index in [-0.39, 0.29) is 5.91 Å². The number of nitrogens with one attached hydrogen (secondary N) is 2. The minimum atomic E-state index is 0.0178. The van der Waals surface area contributed by atoms with Crippen LogP contribution in [0.15, 0.2) is 18.7 Å². The maximum Gasteiger partial charge on any atom is 0.226 e. The van der Waals surface area contributed by atoms with Gasteiger partial charge in [-0.2, -0.15) is 0 Å². The third-order valence-electron chi connectivity index (χ3n) is 2.44. The van der Waals surface area contributed by atoms with Crippen molar-refractivity contribution in [2.24, 2.45) is 0 Å². The van der Waals surface area contributed by atoms with Crippen LogP contribution in [0.4, 0.5) is 5.69 Å². The standard InChI is InChI=1S/C10H14N4O/c15-10(4-8-2-1-3-13-8)14-9-5-11-7-12-6-9/h5-8,13H,1-4H2,(H,14,15). The van der Waals surface area contributed by atoms with Gasteiger partial charge in [0.05, 0.1) is 18.1 Å². The van der Waals surface area contributed by atoms with Crippen LogP contribution < -0.4 is 10.6 Å². The molecule has 1 amide bonds. The second-order valence-electron chi connectivity index (χ2n) is 3.67. The number of aromatic nitrogens is 2. The third kappa shape index (κ3) is 2.99. The minimum Gasteiger partial charge on any atom is -0.323 e. The van der Waals surface area contributed by atoms with Crippen LogP contribution in [0.2, 0.25) is 0 Å². The summed E-state index contributed by atoms with van der Waals surface area (Å²) >= 11 is 0. The van der Waals surface area contributed by atoms with Crippen molar-refractivity contribution in [1.82, 2.24) is 15.3 Å². The highest BCUT2D eigenvalue weighted by molar-refractivity contribution is 5.90. The first-order chi connectivity index (χ1) is 7.34. The van der Waals surface area contributed by atoms with Crippen LogP contribution in [0, 0.1) is 0 Å². The van der Waals surface area contributed by atoms with Crippen molar-refractivity contribution < 1.29 is 4.79 Å². The zero-order chi connectivity index (χ0) is 10.5. The number of carbonyl (C=O) groups is 1. The Morgan fingerprint density at radius 2 is 2.33 bits per heavy atom. The molecule has 0 aliphatic carbocycles. The van der Waals surface area contributed by atoms with Crippen molar-refractivity contribution in [3.63, 3.8) is 0 Å². The summed E-state index contributed by atoms with van der Waals surface area (Å²) in [6.45, 7) is 1.02. The van der Waals surface area contributed by atoms with Crippen LogP contribution in [0.3, 0.4) is 0 Å². The molecule has 1 aromatic rings. The van der Waals surface area contributed by atoms with Gasteiger partial charge in [-0.1, -0.05) is 0 Å². The first kappa shape index (κ1) is 10.0. The average molecular weight is 206 g/mol. The van der Waals surface area contributed by atoms with Gasteiger partial charge in [0.25, 0.3) is 0 Å². The summed E-state index contributed by atoms with van der Waals surface area (Å²) in [5.41, 5.74) is 0.653. The van der Waals surface area contributed by atoms with Crippen molar-refractivity contribution in [3.8, 4) is 0 Å². The van der Waals surface area contributed by atoms with Gasteiger partial charge < -0.3 is 10.6 Å².